The highest BCUT2D eigenvalue weighted by Gasteiger charge is 2.30. The number of aromatic nitrogens is 4. The van der Waals surface area contributed by atoms with E-state index in [-0.39, 0.29) is 34.9 Å². The van der Waals surface area contributed by atoms with E-state index in [9.17, 15) is 19.2 Å². The molecule has 2 amide bonds. The fourth-order valence-electron chi connectivity index (χ4n) is 7.22. The molecular weight excluding hydrogens is 1010 g/mol. The number of thiazole rings is 2. The van der Waals surface area contributed by atoms with Gasteiger partial charge < -0.3 is 19.3 Å². The van der Waals surface area contributed by atoms with Crippen molar-refractivity contribution in [2.75, 3.05) is 59.8 Å². The average molecular weight is 1050 g/mol. The Morgan fingerprint density at radius 2 is 1.06 bits per heavy atom. The lowest BCUT2D eigenvalue weighted by Crippen LogP contribution is -2.37. The molecule has 2 aliphatic rings. The Hall–Kier alpha value is -4.05. The van der Waals surface area contributed by atoms with E-state index in [1.807, 2.05) is 21.9 Å². The number of ether oxygens (including phenoxy) is 2. The third-order valence-electron chi connectivity index (χ3n) is 10.4. The Morgan fingerprint density at radius 1 is 0.662 bits per heavy atom. The van der Waals surface area contributed by atoms with Crippen molar-refractivity contribution in [3.63, 3.8) is 0 Å². The van der Waals surface area contributed by atoms with Gasteiger partial charge in [0, 0.05) is 49.3 Å². The molecule has 8 rings (SSSR count). The largest absolute Gasteiger partial charge is 0.466 e. The van der Waals surface area contributed by atoms with Gasteiger partial charge in [0.1, 0.15) is 23.0 Å². The van der Waals surface area contributed by atoms with Crippen LogP contribution in [0.25, 0.3) is 21.1 Å². The zero-order valence-corrected chi connectivity index (χ0v) is 41.6. The predicted octanol–water partition coefficient (Wildman–Crippen LogP) is 11.7. The summed E-state index contributed by atoms with van der Waals surface area (Å²) in [6.45, 7) is 6.59. The summed E-state index contributed by atoms with van der Waals surface area (Å²) in [4.78, 5) is 76.1. The number of piperidine rings is 2. The van der Waals surface area contributed by atoms with Crippen LogP contribution in [0, 0.1) is 11.8 Å². The van der Waals surface area contributed by atoms with Crippen molar-refractivity contribution in [3.05, 3.63) is 78.6 Å². The van der Waals surface area contributed by atoms with Crippen LogP contribution in [0.2, 0.25) is 20.1 Å². The van der Waals surface area contributed by atoms with E-state index in [1.54, 1.807) is 36.7 Å². The maximum Gasteiger partial charge on any atom is 0.309 e. The highest BCUT2D eigenvalue weighted by molar-refractivity contribution is 8.03. The van der Waals surface area contributed by atoms with Gasteiger partial charge in [0.15, 0.2) is 10.3 Å². The molecular formula is C42H38Cl4N8O6S5. The molecule has 0 aliphatic carbocycles. The Balaban J connectivity index is 0.993. The second-order valence-electron chi connectivity index (χ2n) is 14.7. The molecule has 8 heterocycles. The summed E-state index contributed by atoms with van der Waals surface area (Å²) in [6.07, 6.45) is 5.41. The highest BCUT2D eigenvalue weighted by Crippen LogP contribution is 2.50. The Bertz CT molecular complexity index is 2550. The fraction of sp³-hybridized carbons (Fsp3) is 0.333. The third-order valence-corrected chi connectivity index (χ3v) is 16.8. The molecule has 2 aliphatic heterocycles. The summed E-state index contributed by atoms with van der Waals surface area (Å²) in [5, 5.41) is 11.8. The number of rotatable bonds is 14. The molecule has 14 nitrogen and oxygen atoms in total. The summed E-state index contributed by atoms with van der Waals surface area (Å²) in [5.74, 6) is -0.537. The lowest BCUT2D eigenvalue weighted by atomic mass is 9.97. The fourth-order valence-corrected chi connectivity index (χ4v) is 13.7. The van der Waals surface area contributed by atoms with Crippen LogP contribution in [0.4, 0.5) is 21.9 Å². The molecule has 6 aromatic rings. The van der Waals surface area contributed by atoms with Crippen molar-refractivity contribution in [2.24, 2.45) is 11.8 Å². The van der Waals surface area contributed by atoms with E-state index >= 15 is 0 Å². The lowest BCUT2D eigenvalue weighted by Gasteiger charge is -2.32. The molecule has 2 saturated heterocycles. The van der Waals surface area contributed by atoms with E-state index in [1.165, 1.54) is 69.5 Å². The number of carbonyl (C=O) groups is 4. The second-order valence-corrected chi connectivity index (χ2v) is 21.7. The standard InChI is InChI=1S/C42H38Cl4N8O6S5/c1-3-59-37(57)21-5-9-53(10-6-21)33-27(45)13-23(17-47-33)35(55)51-41-49-31(29-15-25(43)19-61-29)39(64-41)63-40-32(30-16-26(44)20-62-30)50-42(65-40)52-36(56)24-14-28(46)34(48-18-24)54-11-7-22(8-12-54)38(58)60-4-2/h13-22H,3-12H2,1-2H3,(H,49,51,55)(H,50,52,56). The topological polar surface area (TPSA) is 169 Å². The van der Waals surface area contributed by atoms with Crippen LogP contribution in [0.5, 0.6) is 0 Å². The number of nitrogens with one attached hydrogen (secondary N) is 2. The number of pyridine rings is 2. The Labute approximate surface area is 414 Å². The van der Waals surface area contributed by atoms with E-state index in [2.05, 4.69) is 20.6 Å². The molecule has 6 aromatic heterocycles. The molecule has 2 N–H and O–H groups in total. The molecule has 2 fully saturated rings. The molecule has 0 radical (unpaired) electrons. The van der Waals surface area contributed by atoms with Gasteiger partial charge in [0.2, 0.25) is 0 Å². The van der Waals surface area contributed by atoms with E-state index in [0.717, 1.165) is 18.2 Å². The average Bonchev–Trinajstić information content (AvgIpc) is 4.11. The van der Waals surface area contributed by atoms with Gasteiger partial charge in [-0.2, -0.15) is 0 Å². The molecule has 0 atom stereocenters. The van der Waals surface area contributed by atoms with Gasteiger partial charge in [0.05, 0.1) is 74.4 Å². The van der Waals surface area contributed by atoms with Crippen LogP contribution in [0.15, 0.2) is 55.8 Å². The van der Waals surface area contributed by atoms with E-state index < -0.39 is 11.8 Å². The van der Waals surface area contributed by atoms with E-state index in [4.69, 9.17) is 65.8 Å². The van der Waals surface area contributed by atoms with Gasteiger partial charge in [-0.25, -0.2) is 19.9 Å². The number of nitrogens with zero attached hydrogens (tertiary/aromatic N) is 6. The Kier molecular flexibility index (Phi) is 15.5. The predicted molar refractivity (Wildman–Crippen MR) is 263 cm³/mol. The van der Waals surface area contributed by atoms with Crippen LogP contribution in [-0.2, 0) is 19.1 Å². The maximum atomic E-state index is 13.7. The third kappa shape index (κ3) is 11.2. The van der Waals surface area contributed by atoms with Crippen molar-refractivity contribution < 1.29 is 28.7 Å². The number of hydrogen-bond acceptors (Lipinski definition) is 17. The van der Waals surface area contributed by atoms with Gasteiger partial charge in [0.25, 0.3) is 11.8 Å². The number of anilines is 4. The minimum absolute atomic E-state index is 0.166. The summed E-state index contributed by atoms with van der Waals surface area (Å²) in [7, 11) is 0. The number of thiophene rings is 2. The maximum absolute atomic E-state index is 13.7. The molecule has 0 spiro atoms. The molecule has 340 valence electrons. The van der Waals surface area contributed by atoms with Crippen molar-refractivity contribution in [3.8, 4) is 21.1 Å². The van der Waals surface area contributed by atoms with Gasteiger partial charge in [-0.3, -0.25) is 29.8 Å². The van der Waals surface area contributed by atoms with Crippen LogP contribution in [-0.4, -0.2) is 83.1 Å². The number of halogens is 4. The first-order valence-electron chi connectivity index (χ1n) is 20.3. The molecule has 65 heavy (non-hydrogen) atoms. The lowest BCUT2D eigenvalue weighted by molar-refractivity contribution is -0.149. The first-order valence-corrected chi connectivity index (χ1v) is 26.0. The molecule has 0 bridgehead atoms. The van der Waals surface area contributed by atoms with Crippen molar-refractivity contribution in [1.82, 2.24) is 19.9 Å². The summed E-state index contributed by atoms with van der Waals surface area (Å²) < 4.78 is 11.9. The van der Waals surface area contributed by atoms with Crippen molar-refractivity contribution >= 4 is 149 Å². The Morgan fingerprint density at radius 3 is 1.40 bits per heavy atom. The molecule has 0 aromatic carbocycles. The zero-order chi connectivity index (χ0) is 45.8. The minimum atomic E-state index is -0.453. The highest BCUT2D eigenvalue weighted by atomic mass is 35.5. The minimum Gasteiger partial charge on any atom is -0.466 e. The zero-order valence-electron chi connectivity index (χ0n) is 34.5. The van der Waals surface area contributed by atoms with Gasteiger partial charge in [-0.15, -0.1) is 22.7 Å². The second kappa shape index (κ2) is 21.3. The van der Waals surface area contributed by atoms with Crippen molar-refractivity contribution in [2.45, 2.75) is 47.9 Å². The number of hydrogen-bond donors (Lipinski definition) is 2. The van der Waals surface area contributed by atoms with E-state index in [0.29, 0.717) is 118 Å². The number of amides is 2. The first-order chi connectivity index (χ1) is 31.4. The summed E-state index contributed by atoms with van der Waals surface area (Å²) in [5.41, 5.74) is 1.69. The van der Waals surface area contributed by atoms with Gasteiger partial charge >= 0.3 is 11.9 Å². The van der Waals surface area contributed by atoms with Crippen molar-refractivity contribution in [1.29, 1.82) is 0 Å². The van der Waals surface area contributed by atoms with Crippen LogP contribution >= 0.6 is 104 Å². The van der Waals surface area contributed by atoms with Crippen LogP contribution in [0.1, 0.15) is 60.2 Å². The smallest absolute Gasteiger partial charge is 0.309 e. The number of esters is 2. The molecule has 0 saturated carbocycles. The molecule has 23 heteroatoms. The van der Waals surface area contributed by atoms with Crippen LogP contribution < -0.4 is 20.4 Å². The van der Waals surface area contributed by atoms with Crippen LogP contribution in [0.3, 0.4) is 0 Å². The quantitative estimate of drug-likeness (QED) is 0.0990. The van der Waals surface area contributed by atoms with Gasteiger partial charge in [-0.05, 0) is 63.8 Å². The first kappa shape index (κ1) is 47.4. The normalized spacial score (nSPS) is 14.7. The SMILES string of the molecule is CCOC(=O)C1CCN(c2ncc(C(=O)Nc3nc(-c4cc(Cl)cs4)c(Sc4sc(NC(=O)c5cnc(N6CCC(C(=O)OCC)CC6)c(Cl)c5)nc4-c4cc(Cl)cs4)s3)cc2Cl)CC1. The molecule has 0 unspecified atom stereocenters. The van der Waals surface area contributed by atoms with Gasteiger partial charge in [-0.1, -0.05) is 80.8 Å². The summed E-state index contributed by atoms with van der Waals surface area (Å²) >= 11 is 32.9. The monoisotopic (exact) mass is 1050 g/mol. The summed E-state index contributed by atoms with van der Waals surface area (Å²) in [6, 6.07) is 6.76. The number of carbonyl (C=O) groups excluding carboxylic acids is 4.